The number of nitrogens with one attached hydrogen (secondary N) is 3. The molecule has 2 amide bonds. The third-order valence-corrected chi connectivity index (χ3v) is 5.35. The Morgan fingerprint density at radius 1 is 0.882 bits per heavy atom. The van der Waals surface area contributed by atoms with Crippen molar-refractivity contribution >= 4 is 29.0 Å². The van der Waals surface area contributed by atoms with Crippen molar-refractivity contribution in [1.29, 1.82) is 0 Å². The molecule has 1 aliphatic rings. The summed E-state index contributed by atoms with van der Waals surface area (Å²) in [6.45, 7) is 3.78. The second-order valence-corrected chi connectivity index (χ2v) is 7.92. The minimum atomic E-state index is -0.378. The molecule has 0 saturated carbocycles. The number of aryl methyl sites for hydroxylation is 1. The van der Waals surface area contributed by atoms with Gasteiger partial charge in [0.2, 0.25) is 12.7 Å². The van der Waals surface area contributed by atoms with Gasteiger partial charge in [0.1, 0.15) is 0 Å². The van der Waals surface area contributed by atoms with Gasteiger partial charge in [0.15, 0.2) is 17.3 Å². The number of fused-ring (bicyclic) bond motifs is 1. The molecule has 0 radical (unpaired) electrons. The first kappa shape index (κ1) is 22.8. The maximum atomic E-state index is 12.8. The minimum absolute atomic E-state index is 0.0639. The van der Waals surface area contributed by atoms with Crippen LogP contribution in [0.2, 0.25) is 0 Å². The van der Waals surface area contributed by atoms with E-state index in [0.29, 0.717) is 40.5 Å². The number of hydrogen-bond donors (Lipinski definition) is 3. The van der Waals surface area contributed by atoms with E-state index in [0.717, 1.165) is 11.1 Å². The zero-order valence-electron chi connectivity index (χ0n) is 18.9. The highest BCUT2D eigenvalue weighted by Crippen LogP contribution is 2.37. The molecule has 0 aliphatic carbocycles. The molecule has 0 atom stereocenters. The zero-order valence-corrected chi connectivity index (χ0v) is 18.9. The molecule has 4 rings (SSSR count). The lowest BCUT2D eigenvalue weighted by Crippen LogP contribution is -2.26. The average Bonchev–Trinajstić information content (AvgIpc) is 3.29. The normalized spacial score (nSPS) is 11.6. The third kappa shape index (κ3) is 5.35. The summed E-state index contributed by atoms with van der Waals surface area (Å²) in [4.78, 5) is 37.4. The molecule has 8 heteroatoms. The Balaban J connectivity index is 1.39. The van der Waals surface area contributed by atoms with Gasteiger partial charge in [-0.2, -0.15) is 0 Å². The van der Waals surface area contributed by atoms with Crippen molar-refractivity contribution in [3.05, 3.63) is 82.9 Å². The summed E-state index contributed by atoms with van der Waals surface area (Å²) in [5, 5.41) is 8.64. The van der Waals surface area contributed by atoms with Gasteiger partial charge in [-0.1, -0.05) is 42.0 Å². The van der Waals surface area contributed by atoms with Crippen LogP contribution in [0.5, 0.6) is 11.5 Å². The summed E-state index contributed by atoms with van der Waals surface area (Å²) in [6, 6.07) is 18.0. The maximum Gasteiger partial charge on any atom is 0.253 e. The first-order valence-corrected chi connectivity index (χ1v) is 10.8. The van der Waals surface area contributed by atoms with E-state index < -0.39 is 0 Å². The lowest BCUT2D eigenvalue weighted by molar-refractivity contribution is -0.114. The fourth-order valence-corrected chi connectivity index (χ4v) is 3.53. The number of carbonyl (C=O) groups is 3. The highest BCUT2D eigenvalue weighted by molar-refractivity contribution is 6.06. The van der Waals surface area contributed by atoms with Gasteiger partial charge in [-0.05, 0) is 37.6 Å². The Bertz CT molecular complexity index is 1240. The number of benzene rings is 3. The molecule has 0 saturated heterocycles. The molecular weight excluding hydrogens is 434 g/mol. The van der Waals surface area contributed by atoms with Crippen LogP contribution in [-0.4, -0.2) is 30.9 Å². The van der Waals surface area contributed by atoms with Gasteiger partial charge in [0, 0.05) is 23.9 Å². The first-order chi connectivity index (χ1) is 16.4. The Kier molecular flexibility index (Phi) is 6.77. The van der Waals surface area contributed by atoms with E-state index in [1.54, 1.807) is 36.4 Å². The number of amides is 2. The van der Waals surface area contributed by atoms with Crippen LogP contribution in [0.25, 0.3) is 0 Å². The van der Waals surface area contributed by atoms with E-state index in [2.05, 4.69) is 16.0 Å². The number of hydrogen-bond acceptors (Lipinski definition) is 6. The lowest BCUT2D eigenvalue weighted by Gasteiger charge is -2.14. The fourth-order valence-electron chi connectivity index (χ4n) is 3.53. The van der Waals surface area contributed by atoms with Gasteiger partial charge in [0.25, 0.3) is 5.91 Å². The Hall–Kier alpha value is -4.33. The van der Waals surface area contributed by atoms with E-state index in [1.165, 1.54) is 6.92 Å². The fraction of sp³-hybridized carbons (Fsp3) is 0.192. The molecule has 34 heavy (non-hydrogen) atoms. The first-order valence-electron chi connectivity index (χ1n) is 10.8. The van der Waals surface area contributed by atoms with Crippen LogP contribution >= 0.6 is 0 Å². The molecule has 3 N–H and O–H groups in total. The van der Waals surface area contributed by atoms with Gasteiger partial charge < -0.3 is 25.4 Å². The summed E-state index contributed by atoms with van der Waals surface area (Å²) in [5.41, 5.74) is 3.76. The van der Waals surface area contributed by atoms with Crippen LogP contribution in [0.3, 0.4) is 0 Å². The molecular formula is C26H25N3O5. The van der Waals surface area contributed by atoms with Crippen LogP contribution in [0.4, 0.5) is 11.4 Å². The lowest BCUT2D eigenvalue weighted by atomic mass is 10.1. The van der Waals surface area contributed by atoms with Gasteiger partial charge in [-0.15, -0.1) is 0 Å². The average molecular weight is 460 g/mol. The predicted octanol–water partition coefficient (Wildman–Crippen LogP) is 3.91. The number of anilines is 2. The standard InChI is InChI=1S/C26H25N3O5/c1-16-7-9-18(10-8-16)13-28-26(32)19-5-3-4-6-21(19)27-14-25(31)29-22-12-24-23(33-15-34-24)11-20(22)17(2)30/h3-12,27H,13-15H2,1-2H3,(H,28,32)(H,29,31). The van der Waals surface area contributed by atoms with E-state index in [1.807, 2.05) is 31.2 Å². The highest BCUT2D eigenvalue weighted by atomic mass is 16.7. The maximum absolute atomic E-state index is 12.8. The smallest absolute Gasteiger partial charge is 0.253 e. The number of Topliss-reactive ketones (excluding diaryl/α,β-unsaturated/α-hetero) is 1. The number of ether oxygens (including phenoxy) is 2. The summed E-state index contributed by atoms with van der Waals surface area (Å²) in [6.07, 6.45) is 0. The third-order valence-electron chi connectivity index (χ3n) is 5.35. The molecule has 3 aromatic rings. The SMILES string of the molecule is CC(=O)c1cc2c(cc1NC(=O)CNc1ccccc1C(=O)NCc1ccc(C)cc1)OCO2. The van der Waals surface area contributed by atoms with E-state index in [-0.39, 0.29) is 30.9 Å². The molecule has 8 nitrogen and oxygen atoms in total. The summed E-state index contributed by atoms with van der Waals surface area (Å²) in [7, 11) is 0. The van der Waals surface area contributed by atoms with E-state index in [9.17, 15) is 14.4 Å². The Labute approximate surface area is 197 Å². The van der Waals surface area contributed by atoms with Gasteiger partial charge in [-0.3, -0.25) is 14.4 Å². The quantitative estimate of drug-likeness (QED) is 0.441. The van der Waals surface area contributed by atoms with Crippen molar-refractivity contribution in [3.63, 3.8) is 0 Å². The monoisotopic (exact) mass is 459 g/mol. The van der Waals surface area contributed by atoms with Crippen LogP contribution < -0.4 is 25.4 Å². The molecule has 0 aromatic heterocycles. The van der Waals surface area contributed by atoms with Crippen molar-refractivity contribution in [3.8, 4) is 11.5 Å². The molecule has 0 fully saturated rings. The van der Waals surface area contributed by atoms with Crippen LogP contribution in [0.15, 0.2) is 60.7 Å². The zero-order chi connectivity index (χ0) is 24.1. The molecule has 1 aliphatic heterocycles. The molecule has 174 valence electrons. The minimum Gasteiger partial charge on any atom is -0.454 e. The van der Waals surface area contributed by atoms with E-state index >= 15 is 0 Å². The Morgan fingerprint density at radius 2 is 1.59 bits per heavy atom. The molecule has 0 spiro atoms. The second kappa shape index (κ2) is 10.1. The van der Waals surface area contributed by atoms with E-state index in [4.69, 9.17) is 9.47 Å². The van der Waals surface area contributed by atoms with Gasteiger partial charge in [-0.25, -0.2) is 0 Å². The van der Waals surface area contributed by atoms with Crippen molar-refractivity contribution in [2.24, 2.45) is 0 Å². The summed E-state index contributed by atoms with van der Waals surface area (Å²) in [5.74, 6) is 0.0860. The van der Waals surface area contributed by atoms with Crippen LogP contribution in [-0.2, 0) is 11.3 Å². The number of para-hydroxylation sites is 1. The highest BCUT2D eigenvalue weighted by Gasteiger charge is 2.20. The van der Waals surface area contributed by atoms with Crippen LogP contribution in [0.1, 0.15) is 38.8 Å². The molecule has 0 bridgehead atoms. The summed E-state index contributed by atoms with van der Waals surface area (Å²) < 4.78 is 10.6. The van der Waals surface area contributed by atoms with Crippen LogP contribution in [0, 0.1) is 6.92 Å². The Morgan fingerprint density at radius 3 is 2.32 bits per heavy atom. The molecule has 3 aromatic carbocycles. The van der Waals surface area contributed by atoms with Crippen molar-refractivity contribution in [1.82, 2.24) is 5.32 Å². The second-order valence-electron chi connectivity index (χ2n) is 7.92. The van der Waals surface area contributed by atoms with Crippen molar-refractivity contribution in [2.45, 2.75) is 20.4 Å². The largest absolute Gasteiger partial charge is 0.454 e. The summed E-state index contributed by atoms with van der Waals surface area (Å²) >= 11 is 0. The number of ketones is 1. The topological polar surface area (TPSA) is 106 Å². The van der Waals surface area contributed by atoms with Crippen molar-refractivity contribution < 1.29 is 23.9 Å². The number of carbonyl (C=O) groups excluding carboxylic acids is 3. The predicted molar refractivity (Wildman–Crippen MR) is 128 cm³/mol. The number of rotatable bonds is 8. The molecule has 1 heterocycles. The molecule has 0 unspecified atom stereocenters. The van der Waals surface area contributed by atoms with Crippen molar-refractivity contribution in [2.75, 3.05) is 24.0 Å². The van der Waals surface area contributed by atoms with Gasteiger partial charge >= 0.3 is 0 Å². The van der Waals surface area contributed by atoms with Gasteiger partial charge in [0.05, 0.1) is 17.8 Å².